The highest BCUT2D eigenvalue weighted by molar-refractivity contribution is 5.91. The number of nitrogen functional groups attached to an aromatic ring is 1. The minimum absolute atomic E-state index is 0.0621. The molecule has 0 saturated carbocycles. The molecule has 2 N–H and O–H groups in total. The number of carbonyl (C=O) groups is 1. The second kappa shape index (κ2) is 4.78. The Bertz CT molecular complexity index is 421. The lowest BCUT2D eigenvalue weighted by molar-refractivity contribution is 0.0519. The van der Waals surface area contributed by atoms with Crippen LogP contribution in [0.25, 0.3) is 0 Å². The predicted octanol–water partition coefficient (Wildman–Crippen LogP) is 1.73. The number of nitrogens with two attached hydrogens (primary N) is 1. The second-order valence-electron chi connectivity index (χ2n) is 2.89. The van der Waals surface area contributed by atoms with Crippen molar-refractivity contribution in [2.24, 2.45) is 0 Å². The first kappa shape index (κ1) is 12.2. The Balaban J connectivity index is 3.31. The summed E-state index contributed by atoms with van der Waals surface area (Å²) in [4.78, 5) is 11.3. The average molecular weight is 231 g/mol. The molecule has 16 heavy (non-hydrogen) atoms. The van der Waals surface area contributed by atoms with E-state index in [1.165, 1.54) is 0 Å². The first-order valence-corrected chi connectivity index (χ1v) is 4.51. The molecule has 0 unspecified atom stereocenters. The van der Waals surface area contributed by atoms with Crippen LogP contribution in [0.2, 0.25) is 0 Å². The molecule has 0 aliphatic heterocycles. The van der Waals surface area contributed by atoms with Gasteiger partial charge in [-0.2, -0.15) is 0 Å². The number of halogens is 2. The summed E-state index contributed by atoms with van der Waals surface area (Å²) in [6.45, 7) is 1.62. The van der Waals surface area contributed by atoms with Crippen LogP contribution in [0.15, 0.2) is 6.07 Å². The maximum atomic E-state index is 13.6. The Morgan fingerprint density at radius 2 is 2.12 bits per heavy atom. The summed E-state index contributed by atoms with van der Waals surface area (Å²) in [6, 6.07) is 0.686. The molecule has 0 atom stereocenters. The molecule has 4 nitrogen and oxygen atoms in total. The van der Waals surface area contributed by atoms with Crippen molar-refractivity contribution in [2.75, 3.05) is 19.5 Å². The van der Waals surface area contributed by atoms with E-state index in [-0.39, 0.29) is 6.61 Å². The van der Waals surface area contributed by atoms with E-state index in [4.69, 9.17) is 5.73 Å². The van der Waals surface area contributed by atoms with Crippen molar-refractivity contribution in [3.63, 3.8) is 0 Å². The summed E-state index contributed by atoms with van der Waals surface area (Å²) in [5.41, 5.74) is 4.23. The van der Waals surface area contributed by atoms with E-state index in [0.717, 1.165) is 7.11 Å². The van der Waals surface area contributed by atoms with Crippen LogP contribution in [-0.2, 0) is 4.74 Å². The molecule has 0 bridgehead atoms. The lowest BCUT2D eigenvalue weighted by Gasteiger charge is -2.10. The van der Waals surface area contributed by atoms with Crippen LogP contribution in [0.3, 0.4) is 0 Å². The average Bonchev–Trinajstić information content (AvgIpc) is 2.24. The summed E-state index contributed by atoms with van der Waals surface area (Å²) in [5.74, 6) is -3.42. The van der Waals surface area contributed by atoms with Crippen molar-refractivity contribution in [3.05, 3.63) is 23.3 Å². The van der Waals surface area contributed by atoms with E-state index >= 15 is 0 Å². The van der Waals surface area contributed by atoms with E-state index in [1.807, 2.05) is 0 Å². The highest BCUT2D eigenvalue weighted by atomic mass is 19.1. The summed E-state index contributed by atoms with van der Waals surface area (Å²) in [6.07, 6.45) is 0. The third-order valence-electron chi connectivity index (χ3n) is 1.91. The van der Waals surface area contributed by atoms with E-state index in [1.54, 1.807) is 6.92 Å². The normalized spacial score (nSPS) is 10.0. The lowest BCUT2D eigenvalue weighted by atomic mass is 10.1. The van der Waals surface area contributed by atoms with Crippen LogP contribution in [0, 0.1) is 11.6 Å². The van der Waals surface area contributed by atoms with E-state index in [2.05, 4.69) is 9.47 Å². The molecule has 0 radical (unpaired) electrons. The summed E-state index contributed by atoms with van der Waals surface area (Å²) in [7, 11) is 1.13. The molecular weight excluding hydrogens is 220 g/mol. The SMILES string of the molecule is CCOC(=O)c1cc(F)c(N)c(OC)c1F. The van der Waals surface area contributed by atoms with Crippen molar-refractivity contribution in [2.45, 2.75) is 6.92 Å². The number of hydrogen-bond acceptors (Lipinski definition) is 4. The number of ether oxygens (including phenoxy) is 2. The zero-order chi connectivity index (χ0) is 12.3. The molecule has 0 saturated heterocycles. The third kappa shape index (κ3) is 2.05. The molecular formula is C10H11F2NO3. The number of hydrogen-bond donors (Lipinski definition) is 1. The summed E-state index contributed by atoms with van der Waals surface area (Å²) in [5, 5.41) is 0. The van der Waals surface area contributed by atoms with Gasteiger partial charge in [-0.05, 0) is 13.0 Å². The Labute approximate surface area is 91.0 Å². The first-order chi connectivity index (χ1) is 7.52. The van der Waals surface area contributed by atoms with Crippen molar-refractivity contribution < 1.29 is 23.0 Å². The van der Waals surface area contributed by atoms with Gasteiger partial charge < -0.3 is 15.2 Å². The number of anilines is 1. The van der Waals surface area contributed by atoms with Gasteiger partial charge in [0.2, 0.25) is 0 Å². The Hall–Kier alpha value is -1.85. The summed E-state index contributed by atoms with van der Waals surface area (Å²) < 4.78 is 36.0. The first-order valence-electron chi connectivity index (χ1n) is 4.51. The highest BCUT2D eigenvalue weighted by Gasteiger charge is 2.22. The van der Waals surface area contributed by atoms with E-state index in [9.17, 15) is 13.6 Å². The van der Waals surface area contributed by atoms with E-state index in [0.29, 0.717) is 6.07 Å². The number of rotatable bonds is 3. The quantitative estimate of drug-likeness (QED) is 0.635. The van der Waals surface area contributed by atoms with Crippen LogP contribution < -0.4 is 10.5 Å². The molecule has 1 rings (SSSR count). The Morgan fingerprint density at radius 1 is 1.50 bits per heavy atom. The number of carbonyl (C=O) groups excluding carboxylic acids is 1. The molecule has 0 spiro atoms. The smallest absolute Gasteiger partial charge is 0.341 e. The molecule has 0 aliphatic carbocycles. The van der Waals surface area contributed by atoms with Crippen LogP contribution in [0.5, 0.6) is 5.75 Å². The fraction of sp³-hybridized carbons (Fsp3) is 0.300. The van der Waals surface area contributed by atoms with Gasteiger partial charge in [-0.15, -0.1) is 0 Å². The minimum atomic E-state index is -1.03. The van der Waals surface area contributed by atoms with Gasteiger partial charge in [0.25, 0.3) is 0 Å². The Kier molecular flexibility index (Phi) is 3.65. The van der Waals surface area contributed by atoms with Crippen molar-refractivity contribution in [1.29, 1.82) is 0 Å². The lowest BCUT2D eigenvalue weighted by Crippen LogP contribution is -2.10. The van der Waals surface area contributed by atoms with Crippen molar-refractivity contribution in [3.8, 4) is 5.75 Å². The highest BCUT2D eigenvalue weighted by Crippen LogP contribution is 2.30. The molecule has 0 fully saturated rings. The van der Waals surface area contributed by atoms with Gasteiger partial charge in [0, 0.05) is 0 Å². The molecule has 88 valence electrons. The predicted molar refractivity (Wildman–Crippen MR) is 53.3 cm³/mol. The molecule has 0 amide bonds. The fourth-order valence-corrected chi connectivity index (χ4v) is 1.17. The van der Waals surface area contributed by atoms with E-state index < -0.39 is 34.6 Å². The minimum Gasteiger partial charge on any atom is -0.491 e. The molecule has 0 heterocycles. The van der Waals surface area contributed by atoms with Crippen LogP contribution in [0.4, 0.5) is 14.5 Å². The van der Waals surface area contributed by atoms with Gasteiger partial charge >= 0.3 is 5.97 Å². The fourth-order valence-electron chi connectivity index (χ4n) is 1.17. The van der Waals surface area contributed by atoms with Gasteiger partial charge in [-0.1, -0.05) is 0 Å². The van der Waals surface area contributed by atoms with Gasteiger partial charge in [-0.3, -0.25) is 0 Å². The summed E-state index contributed by atoms with van der Waals surface area (Å²) >= 11 is 0. The molecule has 6 heteroatoms. The standard InChI is InChI=1S/C10H11F2NO3/c1-3-16-10(14)5-4-6(11)8(13)9(15-2)7(5)12/h4H,3,13H2,1-2H3. The molecule has 0 aromatic heterocycles. The van der Waals surface area contributed by atoms with Crippen molar-refractivity contribution >= 4 is 11.7 Å². The number of methoxy groups -OCH3 is 1. The van der Waals surface area contributed by atoms with Gasteiger partial charge in [0.15, 0.2) is 17.4 Å². The van der Waals surface area contributed by atoms with Crippen LogP contribution in [-0.4, -0.2) is 19.7 Å². The largest absolute Gasteiger partial charge is 0.491 e. The molecule has 1 aromatic carbocycles. The zero-order valence-electron chi connectivity index (χ0n) is 8.84. The van der Waals surface area contributed by atoms with Gasteiger partial charge in [0.1, 0.15) is 11.3 Å². The van der Waals surface area contributed by atoms with Gasteiger partial charge in [-0.25, -0.2) is 13.6 Å². The van der Waals surface area contributed by atoms with Crippen LogP contribution in [0.1, 0.15) is 17.3 Å². The van der Waals surface area contributed by atoms with Gasteiger partial charge in [0.05, 0.1) is 13.7 Å². The number of esters is 1. The monoisotopic (exact) mass is 231 g/mol. The second-order valence-corrected chi connectivity index (χ2v) is 2.89. The topological polar surface area (TPSA) is 61.5 Å². The molecule has 1 aromatic rings. The molecule has 0 aliphatic rings. The maximum absolute atomic E-state index is 13.6. The van der Waals surface area contributed by atoms with Crippen molar-refractivity contribution in [1.82, 2.24) is 0 Å². The zero-order valence-corrected chi connectivity index (χ0v) is 8.84. The van der Waals surface area contributed by atoms with Crippen LogP contribution >= 0.6 is 0 Å². The maximum Gasteiger partial charge on any atom is 0.341 e. The number of benzene rings is 1. The third-order valence-corrected chi connectivity index (χ3v) is 1.91. The Morgan fingerprint density at radius 3 is 2.62 bits per heavy atom.